The molecule has 10 rings (SSSR count). The van der Waals surface area contributed by atoms with Crippen molar-refractivity contribution in [3.8, 4) is 5.75 Å². The molecule has 1 heterocycles. The molecule has 0 saturated carbocycles. The smallest absolute Gasteiger partial charge is 0.265 e. The van der Waals surface area contributed by atoms with E-state index in [2.05, 4.69) is 11.5 Å². The standard InChI is InChI=1S/C29H22N2O3.C18H15OP.C15H15OP.Eu/c1-30-25-15-9-8-14-24(25)28(33)26(29(30)34)27(32)20-16-18-23(19-17-20)31(21-10-4-2-5-11-21)22-12-6-3-7-13-22;19-20(16-10-4-1-5-11-16,17-12-6-2-7-13-17)18-14-8-3-9-15-18;1-13(2)17(16,14-9-5-3-6-10-14)15-11-7-4-8-12-15;/h2-19,33H,1H3;1-15H;3-12H,1H2,2H3;. The van der Waals surface area contributed by atoms with Crippen LogP contribution in [0, 0.1) is 49.4 Å². The number of carbonyl (C=O) groups is 1. The summed E-state index contributed by atoms with van der Waals surface area (Å²) in [5.41, 5.74) is 2.97. The van der Waals surface area contributed by atoms with Gasteiger partial charge in [0.2, 0.25) is 5.78 Å². The number of pyridine rings is 1. The number of anilines is 3. The van der Waals surface area contributed by atoms with Gasteiger partial charge in [-0.25, -0.2) is 0 Å². The summed E-state index contributed by atoms with van der Waals surface area (Å²) in [4.78, 5) is 28.3. The third-order valence-corrected chi connectivity index (χ3v) is 18.3. The first-order chi connectivity index (χ1) is 34.5. The van der Waals surface area contributed by atoms with E-state index in [0.717, 1.165) is 48.9 Å². The van der Waals surface area contributed by atoms with Crippen molar-refractivity contribution in [2.24, 2.45) is 7.05 Å². The van der Waals surface area contributed by atoms with Gasteiger partial charge in [0.15, 0.2) is 14.3 Å². The van der Waals surface area contributed by atoms with Gasteiger partial charge in [-0.2, -0.15) is 0 Å². The van der Waals surface area contributed by atoms with E-state index in [1.807, 2.05) is 231 Å². The molecule has 0 amide bonds. The Labute approximate surface area is 462 Å². The molecule has 9 aromatic carbocycles. The Hall–Kier alpha value is -6.76. The number of para-hydroxylation sites is 3. The molecule has 0 saturated heterocycles. The SMILES string of the molecule is C=C(C)P(=O)(c1ccccc1)c1ccccc1.Cn1c(=O)c(C(=O)c2ccc(N(c3ccccc3)c3ccccc3)cc2)c(O)c2ccccc21.O=P(c1ccccc1)(c1ccccc1)c1ccccc1.[Eu]. The van der Waals surface area contributed by atoms with Gasteiger partial charge in [0.25, 0.3) is 5.56 Å². The first kappa shape index (κ1) is 53.1. The van der Waals surface area contributed by atoms with Gasteiger partial charge in [-0.3, -0.25) is 9.59 Å². The molecule has 1 N–H and O–H groups in total. The van der Waals surface area contributed by atoms with Gasteiger partial charge < -0.3 is 23.7 Å². The second-order valence-electron chi connectivity index (χ2n) is 16.6. The third kappa shape index (κ3) is 11.5. The maximum absolute atomic E-state index is 13.8. The minimum absolute atomic E-state index is 0. The number of rotatable bonds is 11. The number of fused-ring (bicyclic) bond motifs is 1. The zero-order valence-corrected chi connectivity index (χ0v) is 44.0. The Morgan fingerprint density at radius 1 is 0.472 bits per heavy atom. The van der Waals surface area contributed by atoms with Crippen molar-refractivity contribution < 1.29 is 68.4 Å². The number of allylic oxidation sites excluding steroid dienone is 1. The van der Waals surface area contributed by atoms with Gasteiger partial charge in [-0.15, -0.1) is 0 Å². The number of benzene rings is 9. The van der Waals surface area contributed by atoms with Crippen LogP contribution < -0.4 is 37.0 Å². The molecule has 0 aliphatic heterocycles. The van der Waals surface area contributed by atoms with E-state index in [1.165, 1.54) is 4.57 Å². The number of ketones is 1. The van der Waals surface area contributed by atoms with Gasteiger partial charge in [0, 0.05) is 111 Å². The number of nitrogens with zero attached hydrogens (tertiary/aromatic N) is 2. The summed E-state index contributed by atoms with van der Waals surface area (Å²) in [6.07, 6.45) is 0. The Bertz CT molecular complexity index is 3360. The summed E-state index contributed by atoms with van der Waals surface area (Å²) in [5, 5.41) is 16.3. The Balaban J connectivity index is 0.000000171. The molecule has 357 valence electrons. The molecule has 0 unspecified atom stereocenters. The molecule has 1 radical (unpaired) electrons. The van der Waals surface area contributed by atoms with Crippen LogP contribution in [0.15, 0.2) is 278 Å². The molecular weight excluding hydrogens is 1070 g/mol. The van der Waals surface area contributed by atoms with Crippen LogP contribution in [0.25, 0.3) is 10.9 Å². The first-order valence-electron chi connectivity index (χ1n) is 23.0. The van der Waals surface area contributed by atoms with Crippen LogP contribution in [0.5, 0.6) is 5.75 Å². The summed E-state index contributed by atoms with van der Waals surface area (Å²) in [6, 6.07) is 82.2. The fourth-order valence-corrected chi connectivity index (χ4v) is 13.5. The predicted molar refractivity (Wildman–Crippen MR) is 296 cm³/mol. The van der Waals surface area contributed by atoms with Gasteiger partial charge >= 0.3 is 0 Å². The Morgan fingerprint density at radius 3 is 1.17 bits per heavy atom. The van der Waals surface area contributed by atoms with Crippen molar-refractivity contribution in [2.45, 2.75) is 6.92 Å². The number of aryl methyl sites for hydroxylation is 1. The number of carbonyl (C=O) groups excluding carboxylic acids is 1. The van der Waals surface area contributed by atoms with Crippen molar-refractivity contribution in [3.63, 3.8) is 0 Å². The first-order valence-corrected chi connectivity index (χ1v) is 26.4. The van der Waals surface area contributed by atoms with E-state index in [4.69, 9.17) is 0 Å². The van der Waals surface area contributed by atoms with Crippen molar-refractivity contribution in [3.05, 3.63) is 294 Å². The minimum atomic E-state index is -2.78. The summed E-state index contributed by atoms with van der Waals surface area (Å²) in [5.74, 6) is -0.802. The van der Waals surface area contributed by atoms with Crippen LogP contribution in [-0.4, -0.2) is 15.5 Å². The average molecular weight is 1120 g/mol. The van der Waals surface area contributed by atoms with E-state index < -0.39 is 25.6 Å². The van der Waals surface area contributed by atoms with Gasteiger partial charge in [0.1, 0.15) is 11.3 Å². The fraction of sp³-hybridized carbons (Fsp3) is 0.0323. The largest absolute Gasteiger partial charge is 0.506 e. The predicted octanol–water partition coefficient (Wildman–Crippen LogP) is 12.8. The molecule has 0 bridgehead atoms. The van der Waals surface area contributed by atoms with Gasteiger partial charge in [-0.05, 0) is 72.9 Å². The molecule has 0 atom stereocenters. The molecule has 10 heteroatoms. The summed E-state index contributed by atoms with van der Waals surface area (Å²) in [7, 11) is -3.87. The number of hydrogen-bond acceptors (Lipinski definition) is 6. The van der Waals surface area contributed by atoms with Crippen molar-refractivity contribution in [1.82, 2.24) is 4.57 Å². The molecule has 0 aliphatic carbocycles. The van der Waals surface area contributed by atoms with Crippen LogP contribution in [-0.2, 0) is 16.2 Å². The number of aromatic nitrogens is 1. The quantitative estimate of drug-likeness (QED) is 0.102. The van der Waals surface area contributed by atoms with E-state index in [9.17, 15) is 23.8 Å². The maximum atomic E-state index is 13.8. The summed E-state index contributed by atoms with van der Waals surface area (Å²) in [6.45, 7) is 5.75. The minimum Gasteiger partial charge on any atom is -0.506 e. The van der Waals surface area contributed by atoms with Crippen LogP contribution in [0.3, 0.4) is 0 Å². The molecule has 1 aromatic heterocycles. The number of hydrogen-bond donors (Lipinski definition) is 1. The molecule has 0 aliphatic rings. The van der Waals surface area contributed by atoms with Crippen molar-refractivity contribution in [2.75, 3.05) is 4.90 Å². The third-order valence-electron chi connectivity index (χ3n) is 12.1. The van der Waals surface area contributed by atoms with E-state index >= 15 is 0 Å². The van der Waals surface area contributed by atoms with E-state index in [0.29, 0.717) is 16.5 Å². The second-order valence-corrected chi connectivity index (χ2v) is 22.4. The monoisotopic (exact) mass is 1120 g/mol. The van der Waals surface area contributed by atoms with Crippen LogP contribution in [0.4, 0.5) is 17.1 Å². The summed E-state index contributed by atoms with van der Waals surface area (Å²) < 4.78 is 28.4. The number of aromatic hydroxyl groups is 1. The van der Waals surface area contributed by atoms with Crippen molar-refractivity contribution >= 4 is 74.6 Å². The van der Waals surface area contributed by atoms with Gasteiger partial charge in [-0.1, -0.05) is 207 Å². The van der Waals surface area contributed by atoms with Crippen LogP contribution >= 0.6 is 14.3 Å². The maximum Gasteiger partial charge on any atom is 0.265 e. The zero-order chi connectivity index (χ0) is 49.8. The van der Waals surface area contributed by atoms with Crippen LogP contribution in [0.2, 0.25) is 0 Å². The van der Waals surface area contributed by atoms with E-state index in [1.54, 1.807) is 43.4 Å². The average Bonchev–Trinajstić information content (AvgIpc) is 3.44. The zero-order valence-electron chi connectivity index (χ0n) is 39.8. The molecule has 72 heavy (non-hydrogen) atoms. The Morgan fingerprint density at radius 2 is 0.792 bits per heavy atom. The molecule has 7 nitrogen and oxygen atoms in total. The van der Waals surface area contributed by atoms with Gasteiger partial charge in [0.05, 0.1) is 5.52 Å². The Kier molecular flexibility index (Phi) is 18.1. The normalized spacial score (nSPS) is 10.9. The molecule has 10 aromatic rings. The molecular formula is C62H52EuN2O5P2. The summed E-state index contributed by atoms with van der Waals surface area (Å²) >= 11 is 0. The molecule has 0 fully saturated rings. The molecule has 0 spiro atoms. The van der Waals surface area contributed by atoms with Crippen LogP contribution in [0.1, 0.15) is 22.8 Å². The topological polar surface area (TPSA) is 96.7 Å². The van der Waals surface area contributed by atoms with Crippen molar-refractivity contribution in [1.29, 1.82) is 0 Å². The van der Waals surface area contributed by atoms with E-state index in [-0.39, 0.29) is 60.7 Å². The second kappa shape index (κ2) is 24.6. The fourth-order valence-electron chi connectivity index (χ4n) is 8.42.